The van der Waals surface area contributed by atoms with Crippen molar-refractivity contribution >= 4 is 22.3 Å². The Labute approximate surface area is 177 Å². The van der Waals surface area contributed by atoms with Gasteiger partial charge in [-0.2, -0.15) is 10.4 Å². The van der Waals surface area contributed by atoms with Crippen LogP contribution in [0.4, 0.5) is 10.5 Å². The molecule has 1 atom stereocenters. The van der Waals surface area contributed by atoms with Crippen LogP contribution in [-0.2, 0) is 42.9 Å². The van der Waals surface area contributed by atoms with Gasteiger partial charge < -0.3 is 10.4 Å². The van der Waals surface area contributed by atoms with Gasteiger partial charge in [-0.1, -0.05) is 0 Å². The molecule has 9 heteroatoms. The molecule has 0 aliphatic heterocycles. The Kier molecular flexibility index (Phi) is 5.62. The molecule has 0 radical (unpaired) electrons. The summed E-state index contributed by atoms with van der Waals surface area (Å²) in [4.78, 5) is 12.6. The van der Waals surface area contributed by atoms with Crippen LogP contribution in [0.5, 0.6) is 0 Å². The highest BCUT2D eigenvalue weighted by atomic mass is 32.2. The Balaban J connectivity index is 1.66. The van der Waals surface area contributed by atoms with Gasteiger partial charge in [0.05, 0.1) is 34.5 Å². The van der Waals surface area contributed by atoms with E-state index in [9.17, 15) is 19.4 Å². The van der Waals surface area contributed by atoms with Crippen LogP contribution in [-0.4, -0.2) is 25.1 Å². The van der Waals surface area contributed by atoms with Gasteiger partial charge >= 0.3 is 6.03 Å². The molecule has 4 rings (SSSR count). The zero-order valence-electron chi connectivity index (χ0n) is 17.1. The van der Waals surface area contributed by atoms with Crippen molar-refractivity contribution in [2.75, 3.05) is 5.32 Å². The second-order valence-corrected chi connectivity index (χ2v) is 9.18. The molecule has 2 aliphatic carbocycles. The van der Waals surface area contributed by atoms with Crippen LogP contribution < -0.4 is 5.32 Å². The molecule has 0 bridgehead atoms. The first-order chi connectivity index (χ1) is 14.4. The maximum atomic E-state index is 12.6. The molecule has 30 heavy (non-hydrogen) atoms. The van der Waals surface area contributed by atoms with Crippen molar-refractivity contribution < 1.29 is 14.1 Å². The smallest absolute Gasteiger partial charge is 0.353 e. The highest BCUT2D eigenvalue weighted by molar-refractivity contribution is 7.75. The molecule has 0 fully saturated rings. The Bertz CT molecular complexity index is 1120. The number of amides is 2. The van der Waals surface area contributed by atoms with Crippen LogP contribution >= 0.6 is 0 Å². The molecule has 0 saturated carbocycles. The number of carbonyl (C=O) groups excluding carboxylic acids is 1. The third-order valence-electron chi connectivity index (χ3n) is 5.82. The van der Waals surface area contributed by atoms with Crippen LogP contribution in [0.2, 0.25) is 0 Å². The highest BCUT2D eigenvalue weighted by Crippen LogP contribution is 2.41. The quantitative estimate of drug-likeness (QED) is 0.648. The van der Waals surface area contributed by atoms with E-state index in [4.69, 9.17) is 0 Å². The largest absolute Gasteiger partial charge is 0.390 e. The van der Waals surface area contributed by atoms with Crippen molar-refractivity contribution in [3.05, 3.63) is 39.6 Å². The lowest BCUT2D eigenvalue weighted by Crippen LogP contribution is -2.13. The van der Waals surface area contributed by atoms with Crippen molar-refractivity contribution in [2.45, 2.75) is 70.0 Å². The molecule has 0 spiro atoms. The first-order valence-electron chi connectivity index (χ1n) is 10.2. The van der Waals surface area contributed by atoms with E-state index in [0.29, 0.717) is 5.69 Å². The number of hydrogen-bond donors (Lipinski definition) is 3. The molecule has 8 nitrogen and oxygen atoms in total. The monoisotopic (exact) mass is 427 g/mol. The number of aliphatic hydroxyl groups excluding tert-OH is 1. The number of hydrogen-bond acceptors (Lipinski definition) is 5. The van der Waals surface area contributed by atoms with Crippen LogP contribution in [0, 0.1) is 11.3 Å². The van der Waals surface area contributed by atoms with E-state index in [2.05, 4.69) is 20.8 Å². The topological polar surface area (TPSA) is 120 Å². The fraction of sp³-hybridized carbons (Fsp3) is 0.476. The van der Waals surface area contributed by atoms with Gasteiger partial charge in [-0.3, -0.25) is 4.68 Å². The first-order valence-corrected chi connectivity index (χ1v) is 11.4. The minimum absolute atomic E-state index is 0.0121. The number of thiol groups is 1. The summed E-state index contributed by atoms with van der Waals surface area (Å²) in [5, 5.41) is 26.4. The summed E-state index contributed by atoms with van der Waals surface area (Å²) in [6.07, 6.45) is 5.23. The summed E-state index contributed by atoms with van der Waals surface area (Å²) in [5.41, 5.74) is 6.21. The number of carbonyl (C=O) groups is 1. The minimum Gasteiger partial charge on any atom is -0.390 e. The van der Waals surface area contributed by atoms with Crippen LogP contribution in [0.3, 0.4) is 0 Å². The molecular weight excluding hydrogens is 402 g/mol. The fourth-order valence-electron chi connectivity index (χ4n) is 4.58. The predicted octanol–water partition coefficient (Wildman–Crippen LogP) is 3.06. The Morgan fingerprint density at radius 3 is 2.37 bits per heavy atom. The van der Waals surface area contributed by atoms with E-state index in [1.54, 1.807) is 4.68 Å². The van der Waals surface area contributed by atoms with Gasteiger partial charge in [0, 0.05) is 11.7 Å². The number of nitrogens with zero attached hydrogens (tertiary/aromatic N) is 4. The van der Waals surface area contributed by atoms with Crippen LogP contribution in [0.1, 0.15) is 66.2 Å². The zero-order chi connectivity index (χ0) is 21.4. The summed E-state index contributed by atoms with van der Waals surface area (Å²) in [6, 6.07) is 3.21. The average Bonchev–Trinajstić information content (AvgIpc) is 3.46. The molecule has 2 amide bonds. The maximum absolute atomic E-state index is 12.6. The van der Waals surface area contributed by atoms with Crippen molar-refractivity contribution in [1.82, 2.24) is 9.78 Å². The van der Waals surface area contributed by atoms with E-state index in [1.807, 2.05) is 13.8 Å². The second-order valence-electron chi connectivity index (χ2n) is 7.98. The first kappa shape index (κ1) is 20.6. The lowest BCUT2D eigenvalue weighted by Gasteiger charge is -2.16. The molecule has 2 N–H and O–H groups in total. The summed E-state index contributed by atoms with van der Waals surface area (Å²) in [5.74, 6) is 0. The summed E-state index contributed by atoms with van der Waals surface area (Å²) >= 11 is 0. The second kappa shape index (κ2) is 8.20. The van der Waals surface area contributed by atoms with Gasteiger partial charge in [0.2, 0.25) is 0 Å². The van der Waals surface area contributed by atoms with Crippen molar-refractivity contribution in [3.8, 4) is 6.07 Å². The molecule has 2 aromatic rings. The number of nitrogens with one attached hydrogen (secondary N) is 1. The Morgan fingerprint density at radius 1 is 1.27 bits per heavy atom. The zero-order valence-corrected chi connectivity index (χ0v) is 18.0. The normalized spacial score (nSPS) is 15.8. The van der Waals surface area contributed by atoms with E-state index < -0.39 is 16.6 Å². The molecule has 1 unspecified atom stereocenters. The summed E-state index contributed by atoms with van der Waals surface area (Å²) in [6.45, 7) is 3.57. The van der Waals surface area contributed by atoms with Crippen LogP contribution in [0.25, 0.3) is 0 Å². The standard InChI is InChI=1S/C21H25N5O3S/c1-12(2)26-13(11-27)9-19(24-26)30(29)25-21(28)23-20-16-7-3-5-14(16)18(10-22)15-6-4-8-17(15)20/h9,12,27,30H,3-8,11H2,1-2H3,(H,23,28). The average molecular weight is 428 g/mol. The Morgan fingerprint density at radius 2 is 1.87 bits per heavy atom. The van der Waals surface area contributed by atoms with Gasteiger partial charge in [-0.25, -0.2) is 9.00 Å². The van der Waals surface area contributed by atoms with E-state index in [-0.39, 0.29) is 17.7 Å². The molecule has 1 heterocycles. The van der Waals surface area contributed by atoms with E-state index in [0.717, 1.165) is 72.0 Å². The molecule has 2 aliphatic rings. The summed E-state index contributed by atoms with van der Waals surface area (Å²) < 4.78 is 18.0. The van der Waals surface area contributed by atoms with Gasteiger partial charge in [-0.05, 0) is 80.7 Å². The number of rotatable bonds is 4. The molecule has 1 aromatic heterocycles. The molecule has 0 saturated heterocycles. The minimum atomic E-state index is -2.39. The van der Waals surface area contributed by atoms with E-state index in [1.165, 1.54) is 6.07 Å². The third-order valence-corrected chi connectivity index (χ3v) is 6.79. The number of aromatic nitrogens is 2. The summed E-state index contributed by atoms with van der Waals surface area (Å²) in [7, 11) is -2.39. The van der Waals surface area contributed by atoms with Crippen molar-refractivity contribution in [1.29, 1.82) is 5.26 Å². The lowest BCUT2D eigenvalue weighted by atomic mass is 9.93. The van der Waals surface area contributed by atoms with Crippen LogP contribution in [0.15, 0.2) is 15.5 Å². The maximum Gasteiger partial charge on any atom is 0.353 e. The van der Waals surface area contributed by atoms with Gasteiger partial charge in [-0.15, -0.1) is 4.36 Å². The number of anilines is 1. The predicted molar refractivity (Wildman–Crippen MR) is 113 cm³/mol. The lowest BCUT2D eigenvalue weighted by molar-refractivity contribution is 0.260. The van der Waals surface area contributed by atoms with Gasteiger partial charge in [0.1, 0.15) is 0 Å². The number of nitriles is 1. The third kappa shape index (κ3) is 3.50. The van der Waals surface area contributed by atoms with Gasteiger partial charge in [0.25, 0.3) is 0 Å². The van der Waals surface area contributed by atoms with Crippen molar-refractivity contribution in [3.63, 3.8) is 0 Å². The van der Waals surface area contributed by atoms with E-state index >= 15 is 0 Å². The Hall–Kier alpha value is -2.70. The number of benzene rings is 1. The molecular formula is C21H25N5O3S. The number of fused-ring (bicyclic) bond motifs is 2. The highest BCUT2D eigenvalue weighted by Gasteiger charge is 2.29. The SMILES string of the molecule is CC(C)n1nc([SH](=O)=NC(=O)Nc2c3c(c(C#N)c4c2CCC4)CCC3)cc1CO. The van der Waals surface area contributed by atoms with Gasteiger partial charge in [0.15, 0.2) is 5.03 Å². The number of urea groups is 1. The number of aliphatic hydroxyl groups is 1. The van der Waals surface area contributed by atoms with Crippen molar-refractivity contribution in [2.24, 2.45) is 4.36 Å². The fourth-order valence-corrected chi connectivity index (χ4v) is 5.33. The molecule has 158 valence electrons. The molecule has 1 aromatic carbocycles.